The number of hydrogen-bond acceptors (Lipinski definition) is 3. The van der Waals surface area contributed by atoms with Gasteiger partial charge in [0.05, 0.1) is 13.2 Å². The Kier molecular flexibility index (Phi) is 3.35. The van der Waals surface area contributed by atoms with Gasteiger partial charge in [0, 0.05) is 19.6 Å². The van der Waals surface area contributed by atoms with Gasteiger partial charge in [-0.3, -0.25) is 0 Å². The van der Waals surface area contributed by atoms with Crippen LogP contribution in [0.15, 0.2) is 0 Å². The number of fused-ring (bicyclic) bond motifs is 1. The molecule has 0 bridgehead atoms. The van der Waals surface area contributed by atoms with Gasteiger partial charge in [0.2, 0.25) is 0 Å². The standard InChI is InChI=1S/C13H20N2O4/c16-12(17)11-10-3-1-2-9(10)8-15(11)13(18)14-4-6-19-7-5-14/h9-11H,1-8H2,(H,16,17). The van der Waals surface area contributed by atoms with E-state index in [1.54, 1.807) is 9.80 Å². The smallest absolute Gasteiger partial charge is 0.326 e. The fourth-order valence-corrected chi connectivity index (χ4v) is 3.76. The summed E-state index contributed by atoms with van der Waals surface area (Å²) >= 11 is 0. The van der Waals surface area contributed by atoms with E-state index in [0.29, 0.717) is 38.8 Å². The number of rotatable bonds is 1. The molecule has 1 aliphatic carbocycles. The Morgan fingerprint density at radius 2 is 1.89 bits per heavy atom. The number of aliphatic carboxylic acids is 1. The third kappa shape index (κ3) is 2.18. The van der Waals surface area contributed by atoms with E-state index in [-0.39, 0.29) is 11.9 Å². The first-order valence-electron chi connectivity index (χ1n) is 7.04. The van der Waals surface area contributed by atoms with E-state index < -0.39 is 12.0 Å². The SMILES string of the molecule is O=C(O)C1C2CCCC2CN1C(=O)N1CCOCC1. The molecule has 1 saturated carbocycles. The molecule has 3 atom stereocenters. The third-order valence-corrected chi connectivity index (χ3v) is 4.67. The zero-order valence-corrected chi connectivity index (χ0v) is 11.0. The van der Waals surface area contributed by atoms with E-state index >= 15 is 0 Å². The molecule has 3 fully saturated rings. The number of carbonyl (C=O) groups is 2. The molecular weight excluding hydrogens is 248 g/mol. The van der Waals surface area contributed by atoms with Crippen molar-refractivity contribution in [2.45, 2.75) is 25.3 Å². The normalized spacial score (nSPS) is 34.4. The van der Waals surface area contributed by atoms with Crippen molar-refractivity contribution in [3.63, 3.8) is 0 Å². The molecule has 0 aromatic rings. The summed E-state index contributed by atoms with van der Waals surface area (Å²) < 4.78 is 5.23. The summed E-state index contributed by atoms with van der Waals surface area (Å²) in [7, 11) is 0. The third-order valence-electron chi connectivity index (χ3n) is 4.67. The number of morpholine rings is 1. The Morgan fingerprint density at radius 3 is 2.58 bits per heavy atom. The van der Waals surface area contributed by atoms with Crippen LogP contribution in [0.4, 0.5) is 4.79 Å². The van der Waals surface area contributed by atoms with Gasteiger partial charge in [0.15, 0.2) is 0 Å². The maximum absolute atomic E-state index is 12.5. The summed E-state index contributed by atoms with van der Waals surface area (Å²) in [6.07, 6.45) is 3.09. The Morgan fingerprint density at radius 1 is 1.16 bits per heavy atom. The minimum absolute atomic E-state index is 0.120. The van der Waals surface area contributed by atoms with Crippen LogP contribution in [-0.2, 0) is 9.53 Å². The average Bonchev–Trinajstić information content (AvgIpc) is 2.98. The zero-order valence-electron chi connectivity index (χ0n) is 11.0. The molecule has 106 valence electrons. The summed E-state index contributed by atoms with van der Waals surface area (Å²) in [4.78, 5) is 27.3. The van der Waals surface area contributed by atoms with Crippen molar-refractivity contribution in [2.75, 3.05) is 32.8 Å². The van der Waals surface area contributed by atoms with Crippen LogP contribution >= 0.6 is 0 Å². The number of likely N-dealkylation sites (tertiary alicyclic amines) is 1. The molecule has 6 heteroatoms. The molecule has 3 unspecified atom stereocenters. The minimum atomic E-state index is -0.851. The highest BCUT2D eigenvalue weighted by Crippen LogP contribution is 2.42. The van der Waals surface area contributed by atoms with Crippen LogP contribution < -0.4 is 0 Å². The van der Waals surface area contributed by atoms with E-state index in [4.69, 9.17) is 4.74 Å². The van der Waals surface area contributed by atoms with Gasteiger partial charge in [-0.2, -0.15) is 0 Å². The molecule has 0 radical (unpaired) electrons. The van der Waals surface area contributed by atoms with Gasteiger partial charge in [-0.25, -0.2) is 9.59 Å². The average molecular weight is 268 g/mol. The second-order valence-corrected chi connectivity index (χ2v) is 5.67. The van der Waals surface area contributed by atoms with Crippen molar-refractivity contribution >= 4 is 12.0 Å². The topological polar surface area (TPSA) is 70.1 Å². The number of carbonyl (C=O) groups excluding carboxylic acids is 1. The van der Waals surface area contributed by atoms with Gasteiger partial charge in [-0.15, -0.1) is 0 Å². The molecule has 1 N–H and O–H groups in total. The van der Waals surface area contributed by atoms with Crippen LogP contribution in [0.3, 0.4) is 0 Å². The molecule has 2 saturated heterocycles. The highest BCUT2D eigenvalue weighted by molar-refractivity contribution is 5.84. The van der Waals surface area contributed by atoms with Crippen molar-refractivity contribution in [2.24, 2.45) is 11.8 Å². The predicted octanol–water partition coefficient (Wildman–Crippen LogP) is 0.624. The van der Waals surface area contributed by atoms with E-state index in [9.17, 15) is 14.7 Å². The van der Waals surface area contributed by atoms with Crippen LogP contribution in [0.25, 0.3) is 0 Å². The first-order chi connectivity index (χ1) is 9.18. The predicted molar refractivity (Wildman–Crippen MR) is 66.7 cm³/mol. The molecule has 2 heterocycles. The Balaban J connectivity index is 1.75. The van der Waals surface area contributed by atoms with Gasteiger partial charge >= 0.3 is 12.0 Å². The number of amides is 2. The lowest BCUT2D eigenvalue weighted by Gasteiger charge is -2.33. The molecule has 0 spiro atoms. The lowest BCUT2D eigenvalue weighted by Crippen LogP contribution is -2.52. The number of nitrogens with zero attached hydrogens (tertiary/aromatic N) is 2. The number of ether oxygens (including phenoxy) is 1. The summed E-state index contributed by atoms with van der Waals surface area (Å²) in [5.41, 5.74) is 0. The molecular formula is C13H20N2O4. The summed E-state index contributed by atoms with van der Waals surface area (Å²) in [6, 6.07) is -0.743. The second kappa shape index (κ2) is 5.00. The van der Waals surface area contributed by atoms with E-state index in [2.05, 4.69) is 0 Å². The van der Waals surface area contributed by atoms with Crippen LogP contribution in [0, 0.1) is 11.8 Å². The lowest BCUT2D eigenvalue weighted by atomic mass is 9.94. The molecule has 0 aromatic heterocycles. The van der Waals surface area contributed by atoms with E-state index in [1.807, 2.05) is 0 Å². The highest BCUT2D eigenvalue weighted by Gasteiger charge is 2.50. The number of urea groups is 1. The van der Waals surface area contributed by atoms with E-state index in [0.717, 1.165) is 19.3 Å². The fourth-order valence-electron chi connectivity index (χ4n) is 3.76. The number of hydrogen-bond donors (Lipinski definition) is 1. The Hall–Kier alpha value is -1.30. The highest BCUT2D eigenvalue weighted by atomic mass is 16.5. The second-order valence-electron chi connectivity index (χ2n) is 5.67. The van der Waals surface area contributed by atoms with E-state index in [1.165, 1.54) is 0 Å². The number of carboxylic acids is 1. The first kappa shape index (κ1) is 12.7. The maximum atomic E-state index is 12.5. The summed E-state index contributed by atoms with van der Waals surface area (Å²) in [5, 5.41) is 9.44. The monoisotopic (exact) mass is 268 g/mol. The van der Waals surface area contributed by atoms with Crippen LogP contribution in [-0.4, -0.2) is 65.8 Å². The van der Waals surface area contributed by atoms with Crippen LogP contribution in [0.5, 0.6) is 0 Å². The Bertz CT molecular complexity index is 381. The first-order valence-corrected chi connectivity index (χ1v) is 7.04. The van der Waals surface area contributed by atoms with Gasteiger partial charge in [-0.1, -0.05) is 6.42 Å². The molecule has 3 rings (SSSR count). The molecule has 2 amide bonds. The molecule has 3 aliphatic rings. The minimum Gasteiger partial charge on any atom is -0.480 e. The molecule has 19 heavy (non-hydrogen) atoms. The largest absolute Gasteiger partial charge is 0.480 e. The van der Waals surface area contributed by atoms with Gasteiger partial charge in [0.25, 0.3) is 0 Å². The molecule has 0 aromatic carbocycles. The van der Waals surface area contributed by atoms with Crippen molar-refractivity contribution < 1.29 is 19.4 Å². The zero-order chi connectivity index (χ0) is 13.4. The Labute approximate surface area is 112 Å². The molecule has 6 nitrogen and oxygen atoms in total. The summed E-state index contributed by atoms with van der Waals surface area (Å²) in [6.45, 7) is 2.83. The lowest BCUT2D eigenvalue weighted by molar-refractivity contribution is -0.142. The summed E-state index contributed by atoms with van der Waals surface area (Å²) in [5.74, 6) is -0.315. The fraction of sp³-hybridized carbons (Fsp3) is 0.846. The quantitative estimate of drug-likeness (QED) is 0.757. The number of carboxylic acid groups (broad SMARTS) is 1. The van der Waals surface area contributed by atoms with Crippen molar-refractivity contribution in [1.29, 1.82) is 0 Å². The van der Waals surface area contributed by atoms with Crippen LogP contribution in [0.2, 0.25) is 0 Å². The van der Waals surface area contributed by atoms with Crippen molar-refractivity contribution in [3.05, 3.63) is 0 Å². The van der Waals surface area contributed by atoms with Gasteiger partial charge < -0.3 is 19.6 Å². The van der Waals surface area contributed by atoms with Crippen LogP contribution in [0.1, 0.15) is 19.3 Å². The van der Waals surface area contributed by atoms with Crippen molar-refractivity contribution in [1.82, 2.24) is 9.80 Å². The maximum Gasteiger partial charge on any atom is 0.326 e. The van der Waals surface area contributed by atoms with Crippen molar-refractivity contribution in [3.8, 4) is 0 Å². The van der Waals surface area contributed by atoms with Gasteiger partial charge in [0.1, 0.15) is 6.04 Å². The molecule has 2 aliphatic heterocycles. The van der Waals surface area contributed by atoms with Gasteiger partial charge in [-0.05, 0) is 24.7 Å².